The highest BCUT2D eigenvalue weighted by Gasteiger charge is 2.29. The minimum atomic E-state index is -0.164. The van der Waals surface area contributed by atoms with E-state index in [0.29, 0.717) is 6.54 Å². The Morgan fingerprint density at radius 1 is 1.05 bits per heavy atom. The van der Waals surface area contributed by atoms with Gasteiger partial charge in [-0.1, -0.05) is 48.0 Å². The second kappa shape index (κ2) is 6.85. The smallest absolute Gasteiger partial charge is 0.124 e. The Labute approximate surface area is 123 Å². The first-order chi connectivity index (χ1) is 9.13. The standard InChI is InChI=1S/C16H23BrFN/c17-14-8-13(9-15(18)10-14)11-16(12-19)6-4-2-1-3-5-7-16/h8-10H,1-7,11-12,19H2. The lowest BCUT2D eigenvalue weighted by Gasteiger charge is -2.34. The van der Waals surface area contributed by atoms with Crippen LogP contribution in [0.1, 0.15) is 50.5 Å². The largest absolute Gasteiger partial charge is 0.330 e. The fourth-order valence-electron chi connectivity index (χ4n) is 3.25. The molecule has 2 rings (SSSR count). The number of rotatable bonds is 3. The molecule has 0 saturated heterocycles. The average Bonchev–Trinajstić information content (AvgIpc) is 2.31. The van der Waals surface area contributed by atoms with Gasteiger partial charge in [0.2, 0.25) is 0 Å². The van der Waals surface area contributed by atoms with Crippen molar-refractivity contribution in [2.45, 2.75) is 51.4 Å². The maximum atomic E-state index is 13.5. The first kappa shape index (κ1) is 15.0. The Hall–Kier alpha value is -0.410. The first-order valence-electron chi connectivity index (χ1n) is 7.29. The third-order valence-corrected chi connectivity index (χ3v) is 4.81. The number of nitrogens with two attached hydrogens (primary N) is 1. The predicted octanol–water partition coefficient (Wildman–Crippen LogP) is 4.82. The van der Waals surface area contributed by atoms with Gasteiger partial charge in [0.25, 0.3) is 0 Å². The Balaban J connectivity index is 2.15. The minimum absolute atomic E-state index is 0.164. The molecule has 0 radical (unpaired) electrons. The monoisotopic (exact) mass is 327 g/mol. The quantitative estimate of drug-likeness (QED) is 0.846. The molecule has 1 aromatic rings. The molecule has 3 heteroatoms. The molecule has 0 unspecified atom stereocenters. The van der Waals surface area contributed by atoms with Crippen LogP contribution in [0.5, 0.6) is 0 Å². The summed E-state index contributed by atoms with van der Waals surface area (Å²) in [4.78, 5) is 0. The number of hydrogen-bond donors (Lipinski definition) is 1. The summed E-state index contributed by atoms with van der Waals surface area (Å²) in [6.45, 7) is 0.709. The van der Waals surface area contributed by atoms with Gasteiger partial charge in [-0.25, -0.2) is 4.39 Å². The molecule has 0 spiro atoms. The summed E-state index contributed by atoms with van der Waals surface area (Å²) in [5, 5.41) is 0. The number of hydrogen-bond acceptors (Lipinski definition) is 1. The van der Waals surface area contributed by atoms with Crippen molar-refractivity contribution in [3.8, 4) is 0 Å². The summed E-state index contributed by atoms with van der Waals surface area (Å²) >= 11 is 3.37. The third-order valence-electron chi connectivity index (χ3n) is 4.35. The average molecular weight is 328 g/mol. The van der Waals surface area contributed by atoms with Crippen molar-refractivity contribution in [1.82, 2.24) is 0 Å². The highest BCUT2D eigenvalue weighted by Crippen LogP contribution is 2.37. The fourth-order valence-corrected chi connectivity index (χ4v) is 3.77. The molecule has 1 aliphatic rings. The summed E-state index contributed by atoms with van der Waals surface area (Å²) < 4.78 is 14.3. The van der Waals surface area contributed by atoms with E-state index < -0.39 is 0 Å². The van der Waals surface area contributed by atoms with Gasteiger partial charge < -0.3 is 5.73 Å². The zero-order valence-corrected chi connectivity index (χ0v) is 13.0. The van der Waals surface area contributed by atoms with E-state index >= 15 is 0 Å². The van der Waals surface area contributed by atoms with Crippen LogP contribution in [0.3, 0.4) is 0 Å². The summed E-state index contributed by atoms with van der Waals surface area (Å²) in [6.07, 6.45) is 9.76. The molecule has 0 atom stereocenters. The number of halogens is 2. The third kappa shape index (κ3) is 4.28. The molecular weight excluding hydrogens is 305 g/mol. The zero-order chi connectivity index (χ0) is 13.7. The van der Waals surface area contributed by atoms with Gasteiger partial charge in [-0.15, -0.1) is 0 Å². The van der Waals surface area contributed by atoms with E-state index in [1.807, 2.05) is 6.07 Å². The van der Waals surface area contributed by atoms with E-state index in [4.69, 9.17) is 5.73 Å². The van der Waals surface area contributed by atoms with Crippen LogP contribution in [0.2, 0.25) is 0 Å². The number of benzene rings is 1. The molecule has 19 heavy (non-hydrogen) atoms. The van der Waals surface area contributed by atoms with E-state index in [1.165, 1.54) is 51.0 Å². The fraction of sp³-hybridized carbons (Fsp3) is 0.625. The molecule has 1 fully saturated rings. The normalized spacial score (nSPS) is 19.7. The summed E-state index contributed by atoms with van der Waals surface area (Å²) in [6, 6.07) is 5.19. The first-order valence-corrected chi connectivity index (χ1v) is 8.08. The van der Waals surface area contributed by atoms with Crippen molar-refractivity contribution in [3.05, 3.63) is 34.1 Å². The van der Waals surface area contributed by atoms with Gasteiger partial charge in [0, 0.05) is 4.47 Å². The topological polar surface area (TPSA) is 26.0 Å². The van der Waals surface area contributed by atoms with Crippen LogP contribution in [-0.4, -0.2) is 6.54 Å². The van der Waals surface area contributed by atoms with Gasteiger partial charge in [0.05, 0.1) is 0 Å². The van der Waals surface area contributed by atoms with Crippen LogP contribution < -0.4 is 5.73 Å². The maximum Gasteiger partial charge on any atom is 0.124 e. The van der Waals surface area contributed by atoms with Crippen molar-refractivity contribution in [2.75, 3.05) is 6.54 Å². The Morgan fingerprint density at radius 3 is 2.26 bits per heavy atom. The molecular formula is C16H23BrFN. The molecule has 0 heterocycles. The van der Waals surface area contributed by atoms with Crippen LogP contribution in [-0.2, 0) is 6.42 Å². The van der Waals surface area contributed by atoms with Crippen molar-refractivity contribution in [1.29, 1.82) is 0 Å². The lowest BCUT2D eigenvalue weighted by molar-refractivity contribution is 0.217. The summed E-state index contributed by atoms with van der Waals surface area (Å²) in [5.41, 5.74) is 7.32. The summed E-state index contributed by atoms with van der Waals surface area (Å²) in [5.74, 6) is -0.164. The van der Waals surface area contributed by atoms with E-state index in [9.17, 15) is 4.39 Å². The second-order valence-electron chi connectivity index (χ2n) is 5.93. The van der Waals surface area contributed by atoms with Gasteiger partial charge in [0.15, 0.2) is 0 Å². The van der Waals surface area contributed by atoms with Gasteiger partial charge in [-0.2, -0.15) is 0 Å². The van der Waals surface area contributed by atoms with Crippen LogP contribution in [0.4, 0.5) is 4.39 Å². The Bertz CT molecular complexity index is 391. The lowest BCUT2D eigenvalue weighted by atomic mass is 9.72. The molecule has 0 amide bonds. The van der Waals surface area contributed by atoms with Crippen molar-refractivity contribution >= 4 is 15.9 Å². The van der Waals surface area contributed by atoms with Crippen LogP contribution in [0.15, 0.2) is 22.7 Å². The van der Waals surface area contributed by atoms with Crippen LogP contribution >= 0.6 is 15.9 Å². The minimum Gasteiger partial charge on any atom is -0.330 e. The van der Waals surface area contributed by atoms with E-state index in [0.717, 1.165) is 16.5 Å². The van der Waals surface area contributed by atoms with Crippen molar-refractivity contribution in [3.63, 3.8) is 0 Å². The second-order valence-corrected chi connectivity index (χ2v) is 6.84. The van der Waals surface area contributed by atoms with Gasteiger partial charge >= 0.3 is 0 Å². The van der Waals surface area contributed by atoms with Crippen LogP contribution in [0.25, 0.3) is 0 Å². The van der Waals surface area contributed by atoms with E-state index in [1.54, 1.807) is 6.07 Å². The molecule has 0 aliphatic heterocycles. The molecule has 1 aromatic carbocycles. The molecule has 0 aromatic heterocycles. The molecule has 1 nitrogen and oxygen atoms in total. The van der Waals surface area contributed by atoms with E-state index in [2.05, 4.69) is 15.9 Å². The van der Waals surface area contributed by atoms with Gasteiger partial charge in [-0.05, 0) is 55.0 Å². The van der Waals surface area contributed by atoms with Crippen molar-refractivity contribution in [2.24, 2.45) is 11.1 Å². The predicted molar refractivity (Wildman–Crippen MR) is 81.6 cm³/mol. The highest BCUT2D eigenvalue weighted by atomic mass is 79.9. The van der Waals surface area contributed by atoms with Gasteiger partial charge in [0.1, 0.15) is 5.82 Å². The van der Waals surface area contributed by atoms with Gasteiger partial charge in [-0.3, -0.25) is 0 Å². The molecule has 1 aliphatic carbocycles. The molecule has 2 N–H and O–H groups in total. The zero-order valence-electron chi connectivity index (χ0n) is 11.4. The van der Waals surface area contributed by atoms with Crippen LogP contribution in [0, 0.1) is 11.2 Å². The molecule has 1 saturated carbocycles. The van der Waals surface area contributed by atoms with E-state index in [-0.39, 0.29) is 11.2 Å². The Kier molecular flexibility index (Phi) is 5.40. The molecule has 106 valence electrons. The SMILES string of the molecule is NCC1(Cc2cc(F)cc(Br)c2)CCCCCCC1. The Morgan fingerprint density at radius 2 is 1.68 bits per heavy atom. The molecule has 0 bridgehead atoms. The maximum absolute atomic E-state index is 13.5. The summed E-state index contributed by atoms with van der Waals surface area (Å²) in [7, 11) is 0. The lowest BCUT2D eigenvalue weighted by Crippen LogP contribution is -2.33. The van der Waals surface area contributed by atoms with Crippen molar-refractivity contribution < 1.29 is 4.39 Å². The highest BCUT2D eigenvalue weighted by molar-refractivity contribution is 9.10.